The highest BCUT2D eigenvalue weighted by Gasteiger charge is 2.34. The first-order valence-corrected chi connectivity index (χ1v) is 7.39. The molecule has 2 saturated heterocycles. The first-order valence-electron chi connectivity index (χ1n) is 6.64. The molecule has 1 amide bonds. The number of nitrogens with one attached hydrogen (secondary N) is 2. The van der Waals surface area contributed by atoms with Crippen molar-refractivity contribution in [2.45, 2.75) is 43.8 Å². The van der Waals surface area contributed by atoms with Gasteiger partial charge < -0.3 is 10.6 Å². The lowest BCUT2D eigenvalue weighted by atomic mass is 9.99. The van der Waals surface area contributed by atoms with Crippen molar-refractivity contribution in [2.24, 2.45) is 0 Å². The molecule has 2 N–H and O–H groups in total. The Kier molecular flexibility index (Phi) is 5.19. The third-order valence-electron chi connectivity index (χ3n) is 3.98. The third kappa shape index (κ3) is 3.40. The van der Waals surface area contributed by atoms with E-state index in [-0.39, 0.29) is 24.4 Å². The van der Waals surface area contributed by atoms with Gasteiger partial charge in [-0.1, -0.05) is 23.2 Å². The summed E-state index contributed by atoms with van der Waals surface area (Å²) >= 11 is 11.9. The van der Waals surface area contributed by atoms with Crippen molar-refractivity contribution in [3.05, 3.63) is 33.8 Å². The fraction of sp³-hybridized carbons (Fsp3) is 0.500. The maximum Gasteiger partial charge on any atom is 0.253 e. The second kappa shape index (κ2) is 6.52. The summed E-state index contributed by atoms with van der Waals surface area (Å²) in [5.74, 6) is -0.104. The number of halogens is 3. The summed E-state index contributed by atoms with van der Waals surface area (Å²) in [5, 5.41) is 7.59. The molecule has 1 aromatic rings. The van der Waals surface area contributed by atoms with E-state index in [9.17, 15) is 4.79 Å². The van der Waals surface area contributed by atoms with Gasteiger partial charge in [0.2, 0.25) is 0 Å². The van der Waals surface area contributed by atoms with E-state index in [1.165, 1.54) is 12.8 Å². The summed E-state index contributed by atoms with van der Waals surface area (Å²) in [6.07, 6.45) is 4.46. The van der Waals surface area contributed by atoms with Crippen molar-refractivity contribution in [1.29, 1.82) is 0 Å². The highest BCUT2D eigenvalue weighted by molar-refractivity contribution is 6.36. The monoisotopic (exact) mass is 334 g/mol. The van der Waals surface area contributed by atoms with Crippen LogP contribution in [0, 0.1) is 0 Å². The van der Waals surface area contributed by atoms with Crippen molar-refractivity contribution < 1.29 is 4.79 Å². The molecule has 3 nitrogen and oxygen atoms in total. The van der Waals surface area contributed by atoms with Gasteiger partial charge in [-0.3, -0.25) is 4.79 Å². The number of piperidine rings is 1. The lowest BCUT2D eigenvalue weighted by molar-refractivity contribution is 0.0924. The molecule has 2 atom stereocenters. The van der Waals surface area contributed by atoms with Crippen molar-refractivity contribution >= 4 is 41.5 Å². The van der Waals surface area contributed by atoms with Crippen LogP contribution in [-0.2, 0) is 0 Å². The van der Waals surface area contributed by atoms with Crippen LogP contribution < -0.4 is 10.6 Å². The predicted molar refractivity (Wildman–Crippen MR) is 84.1 cm³/mol. The van der Waals surface area contributed by atoms with Gasteiger partial charge in [0.05, 0.1) is 10.6 Å². The van der Waals surface area contributed by atoms with Gasteiger partial charge in [-0.05, 0) is 43.9 Å². The molecule has 3 rings (SSSR count). The quantitative estimate of drug-likeness (QED) is 0.869. The van der Waals surface area contributed by atoms with Crippen LogP contribution in [0.25, 0.3) is 0 Å². The van der Waals surface area contributed by atoms with E-state index in [4.69, 9.17) is 23.2 Å². The van der Waals surface area contributed by atoms with E-state index in [1.807, 2.05) is 0 Å². The van der Waals surface area contributed by atoms with Gasteiger partial charge >= 0.3 is 0 Å². The molecule has 0 aliphatic carbocycles. The second-order valence-electron chi connectivity index (χ2n) is 5.40. The Labute approximate surface area is 134 Å². The Morgan fingerprint density at radius 2 is 1.85 bits per heavy atom. The van der Waals surface area contributed by atoms with Crippen LogP contribution in [0.15, 0.2) is 18.2 Å². The average molecular weight is 336 g/mol. The minimum absolute atomic E-state index is 0. The molecular formula is C14H17Cl3N2O. The number of carbonyl (C=O) groups is 1. The Morgan fingerprint density at radius 1 is 1.20 bits per heavy atom. The minimum atomic E-state index is -0.104. The summed E-state index contributed by atoms with van der Waals surface area (Å²) in [6.45, 7) is 0. The van der Waals surface area contributed by atoms with Crippen LogP contribution in [0.1, 0.15) is 36.0 Å². The van der Waals surface area contributed by atoms with E-state index < -0.39 is 0 Å². The Balaban J connectivity index is 0.00000147. The van der Waals surface area contributed by atoms with Crippen LogP contribution in [0.2, 0.25) is 10.0 Å². The Bertz CT molecular complexity index is 497. The molecule has 20 heavy (non-hydrogen) atoms. The highest BCUT2D eigenvalue weighted by atomic mass is 35.5. The van der Waals surface area contributed by atoms with Crippen LogP contribution in [0.3, 0.4) is 0 Å². The standard InChI is InChI=1S/C14H16Cl2N2O.ClH/c15-8-1-4-12(13(16)5-8)14(19)18-11-6-9-2-3-10(7-11)17-9;/h1,4-5,9-11,17H,2-3,6-7H2,(H,18,19);1H. The maximum atomic E-state index is 12.2. The smallest absolute Gasteiger partial charge is 0.253 e. The highest BCUT2D eigenvalue weighted by Crippen LogP contribution is 2.27. The molecule has 6 heteroatoms. The van der Waals surface area contributed by atoms with Gasteiger partial charge in [0, 0.05) is 23.1 Å². The van der Waals surface area contributed by atoms with Gasteiger partial charge in [-0.25, -0.2) is 0 Å². The molecule has 2 bridgehead atoms. The number of benzene rings is 1. The number of hydrogen-bond acceptors (Lipinski definition) is 2. The molecule has 1 aromatic carbocycles. The molecule has 0 aromatic heterocycles. The van der Waals surface area contributed by atoms with Gasteiger partial charge in [-0.15, -0.1) is 12.4 Å². The maximum absolute atomic E-state index is 12.2. The van der Waals surface area contributed by atoms with Crippen LogP contribution >= 0.6 is 35.6 Å². The van der Waals surface area contributed by atoms with Crippen molar-refractivity contribution in [3.8, 4) is 0 Å². The second-order valence-corrected chi connectivity index (χ2v) is 6.25. The zero-order valence-corrected chi connectivity index (χ0v) is 13.2. The molecule has 110 valence electrons. The van der Waals surface area contributed by atoms with Crippen molar-refractivity contribution in [1.82, 2.24) is 10.6 Å². The summed E-state index contributed by atoms with van der Waals surface area (Å²) in [6, 6.07) is 6.33. The van der Waals surface area contributed by atoms with E-state index in [1.54, 1.807) is 18.2 Å². The Hall–Kier alpha value is -0.480. The summed E-state index contributed by atoms with van der Waals surface area (Å²) in [7, 11) is 0. The third-order valence-corrected chi connectivity index (χ3v) is 4.53. The summed E-state index contributed by atoms with van der Waals surface area (Å²) in [4.78, 5) is 12.2. The minimum Gasteiger partial charge on any atom is -0.349 e. The first kappa shape index (κ1) is 15.9. The molecule has 2 unspecified atom stereocenters. The molecule has 2 aliphatic rings. The molecule has 2 fully saturated rings. The van der Waals surface area contributed by atoms with E-state index in [0.717, 1.165) is 12.8 Å². The van der Waals surface area contributed by atoms with Crippen LogP contribution in [0.4, 0.5) is 0 Å². The molecule has 0 radical (unpaired) electrons. The number of carbonyl (C=O) groups excluding carboxylic acids is 1. The number of amides is 1. The first-order chi connectivity index (χ1) is 9.11. The molecule has 2 aliphatic heterocycles. The average Bonchev–Trinajstić information content (AvgIpc) is 2.68. The van der Waals surface area contributed by atoms with Crippen molar-refractivity contribution in [3.63, 3.8) is 0 Å². The van der Waals surface area contributed by atoms with Crippen LogP contribution in [-0.4, -0.2) is 24.0 Å². The van der Waals surface area contributed by atoms with Gasteiger partial charge in [0.25, 0.3) is 5.91 Å². The summed E-state index contributed by atoms with van der Waals surface area (Å²) in [5.41, 5.74) is 0.497. The van der Waals surface area contributed by atoms with E-state index in [0.29, 0.717) is 27.7 Å². The number of rotatable bonds is 2. The molecule has 2 heterocycles. The van der Waals surface area contributed by atoms with Crippen molar-refractivity contribution in [2.75, 3.05) is 0 Å². The normalized spacial score (nSPS) is 27.8. The van der Waals surface area contributed by atoms with Gasteiger partial charge in [0.15, 0.2) is 0 Å². The molecule has 0 spiro atoms. The fourth-order valence-corrected chi connectivity index (χ4v) is 3.61. The molecular weight excluding hydrogens is 319 g/mol. The largest absolute Gasteiger partial charge is 0.349 e. The Morgan fingerprint density at radius 3 is 2.45 bits per heavy atom. The van der Waals surface area contributed by atoms with E-state index in [2.05, 4.69) is 10.6 Å². The number of fused-ring (bicyclic) bond motifs is 2. The SMILES string of the molecule is Cl.O=C(NC1CC2CCC(C1)N2)c1ccc(Cl)cc1Cl. The lowest BCUT2D eigenvalue weighted by Crippen LogP contribution is -2.48. The van der Waals surface area contributed by atoms with Gasteiger partial charge in [0.1, 0.15) is 0 Å². The predicted octanol–water partition coefficient (Wildman–Crippen LogP) is 3.43. The van der Waals surface area contributed by atoms with E-state index >= 15 is 0 Å². The van der Waals surface area contributed by atoms with Gasteiger partial charge in [-0.2, -0.15) is 0 Å². The molecule has 0 saturated carbocycles. The topological polar surface area (TPSA) is 41.1 Å². The fourth-order valence-electron chi connectivity index (χ4n) is 3.11. The number of hydrogen-bond donors (Lipinski definition) is 2. The zero-order chi connectivity index (χ0) is 13.4. The van der Waals surface area contributed by atoms with Crippen LogP contribution in [0.5, 0.6) is 0 Å². The zero-order valence-electron chi connectivity index (χ0n) is 10.9. The summed E-state index contributed by atoms with van der Waals surface area (Å²) < 4.78 is 0. The lowest BCUT2D eigenvalue weighted by Gasteiger charge is -2.29.